The van der Waals surface area contributed by atoms with Gasteiger partial charge in [-0.1, -0.05) is 31.9 Å². The van der Waals surface area contributed by atoms with E-state index in [-0.39, 0.29) is 19.1 Å². The number of unbranched alkanes of at least 4 members (excludes halogenated alkanes) is 3. The molecule has 2 aromatic heterocycles. The number of imidazole rings is 1. The number of aromatic amines is 1. The molecule has 2 heterocycles. The molecule has 0 fully saturated rings. The quantitative estimate of drug-likeness (QED) is 0.0513. The second-order valence-electron chi connectivity index (χ2n) is 10.6. The van der Waals surface area contributed by atoms with Gasteiger partial charge >= 0.3 is 5.97 Å². The molecule has 0 saturated heterocycles. The van der Waals surface area contributed by atoms with E-state index in [1.807, 2.05) is 7.05 Å². The van der Waals surface area contributed by atoms with Crippen molar-refractivity contribution in [3.05, 3.63) is 58.9 Å². The second-order valence-corrected chi connectivity index (χ2v) is 10.6. The number of nitrogens with zero attached hydrogens (tertiary/aromatic N) is 3. The van der Waals surface area contributed by atoms with Crippen LogP contribution in [0.5, 0.6) is 5.75 Å². The number of anilines is 1. The van der Waals surface area contributed by atoms with Crippen molar-refractivity contribution in [2.45, 2.75) is 58.3 Å². The van der Waals surface area contributed by atoms with Gasteiger partial charge in [0.2, 0.25) is 17.4 Å². The van der Waals surface area contributed by atoms with Crippen LogP contribution in [-0.4, -0.2) is 59.2 Å². The highest BCUT2D eigenvalue weighted by Gasteiger charge is 2.23. The van der Waals surface area contributed by atoms with E-state index in [1.165, 1.54) is 5.56 Å². The van der Waals surface area contributed by atoms with Crippen molar-refractivity contribution in [1.82, 2.24) is 19.9 Å². The maximum atomic E-state index is 13.6. The zero-order chi connectivity index (χ0) is 30.9. The number of halogens is 4. The fourth-order valence-electron chi connectivity index (χ4n) is 4.76. The summed E-state index contributed by atoms with van der Waals surface area (Å²) in [6.45, 7) is 3.90. The largest absolute Gasteiger partial charge is 0.420 e. The summed E-state index contributed by atoms with van der Waals surface area (Å²) in [6.07, 6.45) is 6.71. The molecule has 232 valence electrons. The molecule has 4 aromatic rings. The van der Waals surface area contributed by atoms with Gasteiger partial charge in [-0.3, -0.25) is 4.79 Å². The van der Waals surface area contributed by atoms with Crippen molar-refractivity contribution >= 4 is 33.7 Å². The summed E-state index contributed by atoms with van der Waals surface area (Å²) in [7, 11) is 1.96. The number of nitrogens with one attached hydrogen (secondary N) is 1. The fraction of sp³-hybridized carbons (Fsp3) is 0.452. The van der Waals surface area contributed by atoms with Crippen LogP contribution < -0.4 is 10.5 Å². The number of ether oxygens (including phenoxy) is 2. The number of aromatic nitrogens is 3. The van der Waals surface area contributed by atoms with Gasteiger partial charge in [-0.05, 0) is 50.9 Å². The van der Waals surface area contributed by atoms with E-state index < -0.39 is 35.0 Å². The summed E-state index contributed by atoms with van der Waals surface area (Å²) in [6, 6.07) is 6.34. The number of nitrogens with two attached hydrogens (primary N) is 1. The minimum Gasteiger partial charge on any atom is -0.420 e. The Morgan fingerprint density at radius 1 is 0.953 bits per heavy atom. The van der Waals surface area contributed by atoms with Crippen LogP contribution in [0.4, 0.5) is 23.4 Å². The molecular formula is C31H37F4N5O3. The Labute approximate surface area is 247 Å². The number of carbonyl (C=O) groups is 1. The number of rotatable bonds is 16. The van der Waals surface area contributed by atoms with Crippen molar-refractivity contribution in [2.24, 2.45) is 0 Å². The maximum absolute atomic E-state index is 13.6. The molecule has 2 aromatic carbocycles. The third kappa shape index (κ3) is 8.41. The summed E-state index contributed by atoms with van der Waals surface area (Å²) in [5.41, 5.74) is 9.96. The van der Waals surface area contributed by atoms with Gasteiger partial charge in [0.15, 0.2) is 11.6 Å². The standard InChI is InChI=1S/C31H37F4N5O3/c1-3-4-9-24-38-28-20-11-10-19(17-23(20)37-31(36)29(28)39-24)8-6-5-7-13-40(2)14-16-42-15-12-25(41)43-30-26(34)21(32)18-22(33)27(30)35/h10-11,17-18H,3-9,12-16H2,1-2H3,(H2,36,37)(H,38,39). The molecule has 4 rings (SSSR count). The topological polar surface area (TPSA) is 106 Å². The first-order valence-corrected chi connectivity index (χ1v) is 14.5. The Kier molecular flexibility index (Phi) is 11.3. The number of carbonyl (C=O) groups excluding carboxylic acids is 1. The van der Waals surface area contributed by atoms with Crippen LogP contribution in [0.15, 0.2) is 24.3 Å². The molecule has 0 atom stereocenters. The van der Waals surface area contributed by atoms with E-state index in [9.17, 15) is 22.4 Å². The zero-order valence-electron chi connectivity index (χ0n) is 24.5. The molecule has 3 N–H and O–H groups in total. The number of aryl methyl sites for hydroxylation is 2. The number of H-pyrrole nitrogens is 1. The molecule has 0 aliphatic carbocycles. The normalized spacial score (nSPS) is 11.7. The monoisotopic (exact) mass is 603 g/mol. The Balaban J connectivity index is 1.12. The van der Waals surface area contributed by atoms with Crippen LogP contribution in [0.3, 0.4) is 0 Å². The summed E-state index contributed by atoms with van der Waals surface area (Å²) in [5.74, 6) is -7.87. The van der Waals surface area contributed by atoms with Gasteiger partial charge in [-0.25, -0.2) is 18.7 Å². The molecular weight excluding hydrogens is 566 g/mol. The Morgan fingerprint density at radius 3 is 2.47 bits per heavy atom. The number of likely N-dealkylation sites (N-methyl/N-ethyl adjacent to an activating group) is 1. The van der Waals surface area contributed by atoms with Crippen LogP contribution in [0.25, 0.3) is 21.9 Å². The van der Waals surface area contributed by atoms with Crippen LogP contribution in [0.2, 0.25) is 0 Å². The summed E-state index contributed by atoms with van der Waals surface area (Å²) in [4.78, 5) is 26.6. The lowest BCUT2D eigenvalue weighted by molar-refractivity contribution is -0.136. The van der Waals surface area contributed by atoms with Crippen molar-refractivity contribution in [3.63, 3.8) is 0 Å². The third-order valence-corrected chi connectivity index (χ3v) is 7.19. The van der Waals surface area contributed by atoms with Gasteiger partial charge in [0.25, 0.3) is 0 Å². The molecule has 0 aliphatic rings. The molecule has 12 heteroatoms. The molecule has 0 bridgehead atoms. The molecule has 0 unspecified atom stereocenters. The number of nitrogen functional groups attached to an aromatic ring is 1. The number of esters is 1. The van der Waals surface area contributed by atoms with Gasteiger partial charge in [-0.2, -0.15) is 8.78 Å². The van der Waals surface area contributed by atoms with Gasteiger partial charge in [0, 0.05) is 24.4 Å². The first kappa shape index (κ1) is 32.2. The molecule has 0 amide bonds. The van der Waals surface area contributed by atoms with Crippen molar-refractivity contribution in [1.29, 1.82) is 0 Å². The molecule has 0 saturated carbocycles. The highest BCUT2D eigenvalue weighted by molar-refractivity contribution is 6.06. The number of benzene rings is 2. The van der Waals surface area contributed by atoms with Crippen LogP contribution in [0, 0.1) is 23.3 Å². The third-order valence-electron chi connectivity index (χ3n) is 7.19. The first-order valence-electron chi connectivity index (χ1n) is 14.5. The molecule has 0 spiro atoms. The maximum Gasteiger partial charge on any atom is 0.313 e. The minimum atomic E-state index is -1.76. The summed E-state index contributed by atoms with van der Waals surface area (Å²) < 4.78 is 63.5. The number of fused-ring (bicyclic) bond motifs is 3. The highest BCUT2D eigenvalue weighted by atomic mass is 19.2. The lowest BCUT2D eigenvalue weighted by Gasteiger charge is -2.16. The van der Waals surface area contributed by atoms with Crippen LogP contribution in [-0.2, 0) is 22.4 Å². The SMILES string of the molecule is CCCCc1nc2c([nH]1)c(N)nc1cc(CCCCCN(C)CCOCCC(=O)Oc3c(F)c(F)cc(F)c3F)ccc12. The molecule has 0 aliphatic heterocycles. The Bertz CT molecular complexity index is 1540. The van der Waals surface area contributed by atoms with Crippen molar-refractivity contribution < 1.29 is 31.8 Å². The molecule has 0 radical (unpaired) electrons. The van der Waals surface area contributed by atoms with Crippen molar-refractivity contribution in [2.75, 3.05) is 39.1 Å². The highest BCUT2D eigenvalue weighted by Crippen LogP contribution is 2.28. The smallest absolute Gasteiger partial charge is 0.313 e. The predicted octanol–water partition coefficient (Wildman–Crippen LogP) is 6.25. The summed E-state index contributed by atoms with van der Waals surface area (Å²) in [5, 5.41) is 0.998. The van der Waals surface area contributed by atoms with Gasteiger partial charge < -0.3 is 25.1 Å². The van der Waals surface area contributed by atoms with Crippen molar-refractivity contribution in [3.8, 4) is 5.75 Å². The van der Waals surface area contributed by atoms with Gasteiger partial charge in [-0.15, -0.1) is 0 Å². The fourth-order valence-corrected chi connectivity index (χ4v) is 4.76. The molecule has 43 heavy (non-hydrogen) atoms. The summed E-state index contributed by atoms with van der Waals surface area (Å²) >= 11 is 0. The zero-order valence-corrected chi connectivity index (χ0v) is 24.5. The predicted molar refractivity (Wildman–Crippen MR) is 157 cm³/mol. The average molecular weight is 604 g/mol. The second kappa shape index (κ2) is 15.1. The van der Waals surface area contributed by atoms with E-state index in [4.69, 9.17) is 15.5 Å². The minimum absolute atomic E-state index is 0.0441. The van der Waals surface area contributed by atoms with Crippen LogP contribution >= 0.6 is 0 Å². The van der Waals surface area contributed by atoms with Gasteiger partial charge in [0.1, 0.15) is 22.7 Å². The molecule has 8 nitrogen and oxygen atoms in total. The number of hydrogen-bond donors (Lipinski definition) is 2. The van der Waals surface area contributed by atoms with Crippen LogP contribution in [0.1, 0.15) is 56.8 Å². The first-order chi connectivity index (χ1) is 20.7. The van der Waals surface area contributed by atoms with E-state index >= 15 is 0 Å². The van der Waals surface area contributed by atoms with E-state index in [1.54, 1.807) is 0 Å². The lowest BCUT2D eigenvalue weighted by Crippen LogP contribution is -2.25. The Hall–Kier alpha value is -3.77. The van der Waals surface area contributed by atoms with E-state index in [0.29, 0.717) is 19.0 Å². The number of pyridine rings is 1. The van der Waals surface area contributed by atoms with E-state index in [0.717, 1.165) is 79.3 Å². The number of hydrogen-bond acceptors (Lipinski definition) is 7. The average Bonchev–Trinajstić information content (AvgIpc) is 3.42. The van der Waals surface area contributed by atoms with Gasteiger partial charge in [0.05, 0.1) is 25.2 Å². The lowest BCUT2D eigenvalue weighted by atomic mass is 10.0. The Morgan fingerprint density at radius 2 is 1.72 bits per heavy atom. The van der Waals surface area contributed by atoms with E-state index in [2.05, 4.69) is 44.7 Å².